The van der Waals surface area contributed by atoms with Gasteiger partial charge in [0.05, 0.1) is 0 Å². The van der Waals surface area contributed by atoms with E-state index in [9.17, 15) is 4.79 Å². The number of halogens is 1. The van der Waals surface area contributed by atoms with Crippen molar-refractivity contribution in [2.45, 2.75) is 20.3 Å². The quantitative estimate of drug-likeness (QED) is 0.791. The second-order valence-corrected chi connectivity index (χ2v) is 4.09. The topological polar surface area (TPSA) is 17.1 Å². The highest BCUT2D eigenvalue weighted by Crippen LogP contribution is 2.21. The number of hydrogen-bond donors (Lipinski definition) is 0. The number of carbonyl (C=O) groups is 1. The van der Waals surface area contributed by atoms with Crippen molar-refractivity contribution < 1.29 is 4.79 Å². The standard InChI is InChI=1S/C11H12BrO/c1-8(6-9(2)13)10-4-3-5-11(12)7-10/h3-5,7H,6H2,1-2H3. The molecule has 0 unspecified atom stereocenters. The minimum atomic E-state index is 0.206. The number of rotatable bonds is 3. The lowest BCUT2D eigenvalue weighted by atomic mass is 9.96. The van der Waals surface area contributed by atoms with Crippen LogP contribution in [0.1, 0.15) is 25.8 Å². The largest absolute Gasteiger partial charge is 0.300 e. The molecule has 0 aliphatic carbocycles. The monoisotopic (exact) mass is 239 g/mol. The molecule has 1 aromatic rings. The maximum Gasteiger partial charge on any atom is 0.130 e. The lowest BCUT2D eigenvalue weighted by molar-refractivity contribution is -0.116. The van der Waals surface area contributed by atoms with Crippen molar-refractivity contribution in [2.24, 2.45) is 0 Å². The zero-order valence-electron chi connectivity index (χ0n) is 7.80. The molecule has 1 aromatic carbocycles. The van der Waals surface area contributed by atoms with Crippen molar-refractivity contribution in [3.05, 3.63) is 40.2 Å². The Morgan fingerprint density at radius 2 is 2.08 bits per heavy atom. The van der Waals surface area contributed by atoms with Gasteiger partial charge in [-0.1, -0.05) is 35.0 Å². The molecule has 13 heavy (non-hydrogen) atoms. The first-order chi connectivity index (χ1) is 6.09. The molecule has 1 rings (SSSR count). The average molecular weight is 240 g/mol. The number of hydrogen-bond acceptors (Lipinski definition) is 1. The predicted octanol–water partition coefficient (Wildman–Crippen LogP) is 3.37. The highest BCUT2D eigenvalue weighted by atomic mass is 79.9. The van der Waals surface area contributed by atoms with Crippen molar-refractivity contribution in [3.8, 4) is 0 Å². The van der Waals surface area contributed by atoms with Gasteiger partial charge < -0.3 is 0 Å². The van der Waals surface area contributed by atoms with Gasteiger partial charge in [-0.2, -0.15) is 0 Å². The minimum absolute atomic E-state index is 0.206. The third kappa shape index (κ3) is 3.31. The zero-order valence-corrected chi connectivity index (χ0v) is 9.39. The van der Waals surface area contributed by atoms with E-state index >= 15 is 0 Å². The molecule has 0 fully saturated rings. The number of carbonyl (C=O) groups excluding carboxylic acids is 1. The van der Waals surface area contributed by atoms with Crippen LogP contribution >= 0.6 is 15.9 Å². The Morgan fingerprint density at radius 1 is 1.38 bits per heavy atom. The van der Waals surface area contributed by atoms with E-state index in [4.69, 9.17) is 0 Å². The summed E-state index contributed by atoms with van der Waals surface area (Å²) in [6, 6.07) is 7.99. The van der Waals surface area contributed by atoms with Crippen LogP contribution in [0.2, 0.25) is 0 Å². The molecule has 0 N–H and O–H groups in total. The molecule has 0 atom stereocenters. The van der Waals surface area contributed by atoms with Gasteiger partial charge in [-0.25, -0.2) is 0 Å². The Kier molecular flexibility index (Phi) is 3.67. The Labute approximate surface area is 87.3 Å². The molecule has 1 radical (unpaired) electrons. The maximum absolute atomic E-state index is 10.9. The summed E-state index contributed by atoms with van der Waals surface area (Å²) < 4.78 is 1.05. The molecule has 0 aromatic heterocycles. The van der Waals surface area contributed by atoms with Crippen molar-refractivity contribution in [3.63, 3.8) is 0 Å². The van der Waals surface area contributed by atoms with Crippen LogP contribution in [-0.2, 0) is 4.79 Å². The van der Waals surface area contributed by atoms with Gasteiger partial charge in [0.1, 0.15) is 5.78 Å². The molecule has 69 valence electrons. The van der Waals surface area contributed by atoms with Crippen LogP contribution in [-0.4, -0.2) is 5.78 Å². The van der Waals surface area contributed by atoms with Gasteiger partial charge >= 0.3 is 0 Å². The smallest absolute Gasteiger partial charge is 0.130 e. The molecule has 0 saturated carbocycles. The van der Waals surface area contributed by atoms with Gasteiger partial charge in [0.15, 0.2) is 0 Å². The second kappa shape index (κ2) is 4.56. The minimum Gasteiger partial charge on any atom is -0.300 e. The predicted molar refractivity (Wildman–Crippen MR) is 57.5 cm³/mol. The summed E-state index contributed by atoms with van der Waals surface area (Å²) in [6.45, 7) is 3.60. The molecule has 0 aliphatic rings. The zero-order chi connectivity index (χ0) is 9.84. The van der Waals surface area contributed by atoms with Crippen LogP contribution in [0.4, 0.5) is 0 Å². The SMILES string of the molecule is C[C](CC(C)=O)c1cccc(Br)c1. The Balaban J connectivity index is 2.76. The van der Waals surface area contributed by atoms with E-state index in [1.165, 1.54) is 0 Å². The van der Waals surface area contributed by atoms with Gasteiger partial charge in [-0.15, -0.1) is 0 Å². The van der Waals surface area contributed by atoms with Crippen LogP contribution < -0.4 is 0 Å². The van der Waals surface area contributed by atoms with Gasteiger partial charge in [-0.05, 0) is 24.6 Å². The summed E-state index contributed by atoms with van der Waals surface area (Å²) in [6.07, 6.45) is 0.538. The second-order valence-electron chi connectivity index (χ2n) is 3.17. The molecule has 0 aliphatic heterocycles. The van der Waals surface area contributed by atoms with E-state index in [0.717, 1.165) is 16.0 Å². The van der Waals surface area contributed by atoms with Crippen LogP contribution in [0, 0.1) is 5.92 Å². The van der Waals surface area contributed by atoms with Crippen LogP contribution in [0.5, 0.6) is 0 Å². The fourth-order valence-corrected chi connectivity index (χ4v) is 1.63. The highest BCUT2D eigenvalue weighted by Gasteiger charge is 2.08. The molecular formula is C11H12BrO. The molecule has 1 nitrogen and oxygen atoms in total. The number of Topliss-reactive ketones (excluding diaryl/α,β-unsaturated/α-hetero) is 1. The summed E-state index contributed by atoms with van der Waals surface area (Å²) >= 11 is 3.40. The fraction of sp³-hybridized carbons (Fsp3) is 0.273. The Morgan fingerprint density at radius 3 is 2.62 bits per heavy atom. The first kappa shape index (κ1) is 10.5. The van der Waals surface area contributed by atoms with Crippen molar-refractivity contribution in [2.75, 3.05) is 0 Å². The summed E-state index contributed by atoms with van der Waals surface area (Å²) in [4.78, 5) is 10.9. The van der Waals surface area contributed by atoms with E-state index in [2.05, 4.69) is 15.9 Å². The normalized spacial score (nSPS) is 10.5. The molecule has 0 heterocycles. The van der Waals surface area contributed by atoms with Gasteiger partial charge in [0.25, 0.3) is 0 Å². The fourth-order valence-electron chi connectivity index (χ4n) is 1.23. The van der Waals surface area contributed by atoms with E-state index in [1.807, 2.05) is 31.2 Å². The number of ketones is 1. The third-order valence-corrected chi connectivity index (χ3v) is 2.32. The summed E-state index contributed by atoms with van der Waals surface area (Å²) in [5.41, 5.74) is 1.13. The molecule has 0 bridgehead atoms. The Hall–Kier alpha value is -0.630. The van der Waals surface area contributed by atoms with Crippen LogP contribution in [0.3, 0.4) is 0 Å². The lowest BCUT2D eigenvalue weighted by Gasteiger charge is -2.08. The van der Waals surface area contributed by atoms with Gasteiger partial charge in [0.2, 0.25) is 0 Å². The summed E-state index contributed by atoms with van der Waals surface area (Å²) in [5.74, 6) is 1.33. The molecular weight excluding hydrogens is 228 g/mol. The van der Waals surface area contributed by atoms with E-state index in [0.29, 0.717) is 6.42 Å². The van der Waals surface area contributed by atoms with Crippen molar-refractivity contribution in [1.29, 1.82) is 0 Å². The van der Waals surface area contributed by atoms with E-state index in [-0.39, 0.29) is 5.78 Å². The summed E-state index contributed by atoms with van der Waals surface area (Å²) in [5, 5.41) is 0. The van der Waals surface area contributed by atoms with E-state index < -0.39 is 0 Å². The van der Waals surface area contributed by atoms with Gasteiger partial charge in [-0.3, -0.25) is 4.79 Å². The van der Waals surface area contributed by atoms with Crippen LogP contribution in [0.25, 0.3) is 0 Å². The number of benzene rings is 1. The molecule has 0 amide bonds. The first-order valence-corrected chi connectivity index (χ1v) is 4.96. The summed E-state index contributed by atoms with van der Waals surface area (Å²) in [7, 11) is 0. The average Bonchev–Trinajstić information content (AvgIpc) is 2.03. The van der Waals surface area contributed by atoms with E-state index in [1.54, 1.807) is 6.92 Å². The lowest BCUT2D eigenvalue weighted by Crippen LogP contribution is -2.00. The molecule has 0 spiro atoms. The van der Waals surface area contributed by atoms with Gasteiger partial charge in [0, 0.05) is 16.8 Å². The third-order valence-electron chi connectivity index (χ3n) is 1.83. The molecule has 0 saturated heterocycles. The first-order valence-electron chi connectivity index (χ1n) is 4.17. The van der Waals surface area contributed by atoms with Crippen LogP contribution in [0.15, 0.2) is 28.7 Å². The maximum atomic E-state index is 10.9. The molecule has 2 heteroatoms. The van der Waals surface area contributed by atoms with Crippen molar-refractivity contribution >= 4 is 21.7 Å². The Bertz CT molecular complexity index is 307. The van der Waals surface area contributed by atoms with Crippen molar-refractivity contribution in [1.82, 2.24) is 0 Å². The highest BCUT2D eigenvalue weighted by molar-refractivity contribution is 9.10.